The predicted molar refractivity (Wildman–Crippen MR) is 136 cm³/mol. The zero-order valence-electron chi connectivity index (χ0n) is 20.9. The van der Waals surface area contributed by atoms with Crippen molar-refractivity contribution in [2.24, 2.45) is 11.8 Å². The van der Waals surface area contributed by atoms with Crippen LogP contribution in [0, 0.1) is 23.2 Å². The Morgan fingerprint density at radius 3 is 2.48 bits per heavy atom. The monoisotopic (exact) mass is 571 g/mol. The van der Waals surface area contributed by atoms with Gasteiger partial charge in [-0.1, -0.05) is 35.9 Å². The molecule has 3 fully saturated rings. The van der Waals surface area contributed by atoms with Crippen molar-refractivity contribution < 1.29 is 32.6 Å². The van der Waals surface area contributed by atoms with E-state index in [1.54, 1.807) is 31.2 Å². The van der Waals surface area contributed by atoms with Gasteiger partial charge in [-0.15, -0.1) is 0 Å². The summed E-state index contributed by atoms with van der Waals surface area (Å²) in [4.78, 5) is 41.5. The molecule has 1 N–H and O–H groups in total. The number of aromatic nitrogens is 1. The van der Waals surface area contributed by atoms with Gasteiger partial charge in [-0.05, 0) is 31.5 Å². The Morgan fingerprint density at radius 1 is 1.12 bits per heavy atom. The molecule has 5 unspecified atom stereocenters. The Bertz CT molecular complexity index is 1720. The predicted octanol–water partition coefficient (Wildman–Crippen LogP) is 4.03. The number of hydrogen-bond acceptors (Lipinski definition) is 6. The van der Waals surface area contributed by atoms with Gasteiger partial charge in [-0.2, -0.15) is 18.4 Å². The Balaban J connectivity index is 1.40. The van der Waals surface area contributed by atoms with Crippen molar-refractivity contribution in [2.75, 3.05) is 4.90 Å². The van der Waals surface area contributed by atoms with Crippen LogP contribution in [-0.4, -0.2) is 38.8 Å². The number of benzene rings is 2. The second-order valence-electron chi connectivity index (χ2n) is 10.7. The minimum Gasteiger partial charge on any atom is -0.390 e. The van der Waals surface area contributed by atoms with Crippen LogP contribution in [0.4, 0.5) is 18.9 Å². The van der Waals surface area contributed by atoms with Gasteiger partial charge in [0.15, 0.2) is 0 Å². The van der Waals surface area contributed by atoms with E-state index in [4.69, 9.17) is 16.3 Å². The molecule has 6 rings (SSSR count). The van der Waals surface area contributed by atoms with Gasteiger partial charge in [0.2, 0.25) is 11.8 Å². The third-order valence-corrected chi connectivity index (χ3v) is 8.79. The van der Waals surface area contributed by atoms with Crippen molar-refractivity contribution in [2.45, 2.75) is 49.8 Å². The van der Waals surface area contributed by atoms with Crippen LogP contribution in [0.25, 0.3) is 10.8 Å². The number of carbonyl (C=O) groups is 2. The molecule has 0 radical (unpaired) electrons. The van der Waals surface area contributed by atoms with Gasteiger partial charge >= 0.3 is 6.18 Å². The molecule has 3 aliphatic heterocycles. The number of carbonyl (C=O) groups excluding carboxylic acids is 2. The number of aryl methyl sites for hydroxylation is 1. The van der Waals surface area contributed by atoms with E-state index in [1.807, 2.05) is 0 Å². The Labute approximate surface area is 230 Å². The number of pyridine rings is 1. The van der Waals surface area contributed by atoms with Crippen LogP contribution in [0.5, 0.6) is 0 Å². The molecule has 206 valence electrons. The zero-order valence-corrected chi connectivity index (χ0v) is 21.7. The maximum atomic E-state index is 14.0. The molecule has 2 amide bonds. The average molecular weight is 572 g/mol. The summed E-state index contributed by atoms with van der Waals surface area (Å²) in [6.07, 6.45) is -5.40. The molecule has 40 heavy (non-hydrogen) atoms. The molecule has 0 saturated carbocycles. The summed E-state index contributed by atoms with van der Waals surface area (Å²) in [6.45, 7) is 1.25. The van der Waals surface area contributed by atoms with Gasteiger partial charge < -0.3 is 14.4 Å². The SMILES string of the molecule is CC12OC(CCn3cc(C(F)(F)F)cc(Cl)c3=O)(CC1O)C1C(=O)N(c3ccc(C#N)c4ccccc34)C(=O)C12. The molecular weight excluding hydrogens is 551 g/mol. The number of aliphatic hydroxyl groups excluding tert-OH is 1. The number of halogens is 4. The minimum atomic E-state index is -4.74. The highest BCUT2D eigenvalue weighted by molar-refractivity contribution is 6.30. The third-order valence-electron chi connectivity index (χ3n) is 8.52. The van der Waals surface area contributed by atoms with E-state index >= 15 is 0 Å². The highest BCUT2D eigenvalue weighted by atomic mass is 35.5. The van der Waals surface area contributed by atoms with E-state index in [-0.39, 0.29) is 25.1 Å². The zero-order chi connectivity index (χ0) is 28.8. The van der Waals surface area contributed by atoms with Crippen LogP contribution < -0.4 is 10.5 Å². The molecule has 2 bridgehead atoms. The van der Waals surface area contributed by atoms with Crippen LogP contribution in [-0.2, 0) is 27.0 Å². The highest BCUT2D eigenvalue weighted by Gasteiger charge is 2.77. The third kappa shape index (κ3) is 3.56. The van der Waals surface area contributed by atoms with Crippen LogP contribution >= 0.6 is 11.6 Å². The molecule has 4 heterocycles. The van der Waals surface area contributed by atoms with Gasteiger partial charge in [0.05, 0.1) is 46.4 Å². The summed E-state index contributed by atoms with van der Waals surface area (Å²) in [5.74, 6) is -3.25. The number of nitriles is 1. The highest BCUT2D eigenvalue weighted by Crippen LogP contribution is 2.62. The first kappa shape index (κ1) is 26.5. The molecule has 3 saturated heterocycles. The summed E-state index contributed by atoms with van der Waals surface area (Å²) >= 11 is 5.80. The smallest absolute Gasteiger partial charge is 0.390 e. The first-order valence-corrected chi connectivity index (χ1v) is 12.9. The maximum Gasteiger partial charge on any atom is 0.417 e. The van der Waals surface area contributed by atoms with Crippen molar-refractivity contribution in [3.05, 3.63) is 75.2 Å². The lowest BCUT2D eigenvalue weighted by Crippen LogP contribution is -2.49. The molecule has 2 aromatic carbocycles. The first-order valence-electron chi connectivity index (χ1n) is 12.5. The normalized spacial score (nSPS) is 29.3. The number of anilines is 1. The van der Waals surface area contributed by atoms with Gasteiger partial charge in [0.1, 0.15) is 10.6 Å². The summed E-state index contributed by atoms with van der Waals surface area (Å²) in [5.41, 5.74) is -4.14. The number of alkyl halides is 3. The van der Waals surface area contributed by atoms with E-state index in [2.05, 4.69) is 6.07 Å². The summed E-state index contributed by atoms with van der Waals surface area (Å²) in [7, 11) is 0. The quantitative estimate of drug-likeness (QED) is 0.473. The van der Waals surface area contributed by atoms with Crippen LogP contribution in [0.1, 0.15) is 30.9 Å². The number of imide groups is 1. The fourth-order valence-electron chi connectivity index (χ4n) is 6.67. The molecule has 1 aromatic heterocycles. The van der Waals surface area contributed by atoms with Crippen LogP contribution in [0.15, 0.2) is 53.5 Å². The first-order chi connectivity index (χ1) is 18.8. The van der Waals surface area contributed by atoms with Crippen molar-refractivity contribution in [3.8, 4) is 6.07 Å². The minimum absolute atomic E-state index is 0.0485. The Kier molecular flexibility index (Phi) is 5.72. The van der Waals surface area contributed by atoms with E-state index in [0.717, 1.165) is 9.47 Å². The van der Waals surface area contributed by atoms with Crippen LogP contribution in [0.2, 0.25) is 5.02 Å². The number of hydrogen-bond donors (Lipinski definition) is 1. The Hall–Kier alpha value is -3.72. The van der Waals surface area contributed by atoms with Gasteiger partial charge in [0, 0.05) is 29.9 Å². The lowest BCUT2D eigenvalue weighted by atomic mass is 9.66. The molecule has 12 heteroatoms. The molecule has 5 atom stereocenters. The Morgan fingerprint density at radius 2 is 1.80 bits per heavy atom. The van der Waals surface area contributed by atoms with E-state index in [1.165, 1.54) is 12.1 Å². The van der Waals surface area contributed by atoms with Crippen molar-refractivity contribution in [1.29, 1.82) is 5.26 Å². The molecule has 0 spiro atoms. The topological polar surface area (TPSA) is 113 Å². The number of aliphatic hydroxyl groups is 1. The number of ether oxygens (including phenoxy) is 1. The second-order valence-corrected chi connectivity index (χ2v) is 11.1. The number of nitrogens with zero attached hydrogens (tertiary/aromatic N) is 3. The maximum absolute atomic E-state index is 14.0. The molecular formula is C28H21ClF3N3O5. The largest absolute Gasteiger partial charge is 0.417 e. The molecule has 3 aliphatic rings. The number of amides is 2. The second kappa shape index (κ2) is 8.64. The fourth-order valence-corrected chi connectivity index (χ4v) is 6.89. The summed E-state index contributed by atoms with van der Waals surface area (Å²) in [5, 5.41) is 20.9. The van der Waals surface area contributed by atoms with Crippen molar-refractivity contribution in [3.63, 3.8) is 0 Å². The summed E-state index contributed by atoms with van der Waals surface area (Å²) in [6, 6.07) is 12.6. The fraction of sp³-hybridized carbons (Fsp3) is 0.357. The molecule has 8 nitrogen and oxygen atoms in total. The van der Waals surface area contributed by atoms with Crippen molar-refractivity contribution >= 4 is 39.9 Å². The van der Waals surface area contributed by atoms with E-state index in [0.29, 0.717) is 28.6 Å². The lowest BCUT2D eigenvalue weighted by Gasteiger charge is -2.33. The lowest BCUT2D eigenvalue weighted by molar-refractivity contribution is -0.138. The van der Waals surface area contributed by atoms with Crippen molar-refractivity contribution in [1.82, 2.24) is 4.57 Å². The van der Waals surface area contributed by atoms with Gasteiger partial charge in [0.25, 0.3) is 5.56 Å². The average Bonchev–Trinajstić information content (AvgIpc) is 3.44. The standard InChI is InChI=1S/C28H21ClF3N3O5/c1-26-20(36)11-27(40-26,8-9-34-13-15(28(30,31)32)10-18(29)23(34)37)22-21(26)24(38)35(25(22)39)19-7-6-14(12-33)16-4-2-3-5-17(16)19/h2-7,10,13,20-22,36H,8-9,11H2,1H3. The summed E-state index contributed by atoms with van der Waals surface area (Å²) < 4.78 is 47.1. The van der Waals surface area contributed by atoms with Gasteiger partial charge in [-0.25, -0.2) is 4.90 Å². The van der Waals surface area contributed by atoms with Gasteiger partial charge in [-0.3, -0.25) is 14.4 Å². The molecule has 0 aliphatic carbocycles. The van der Waals surface area contributed by atoms with E-state index < -0.39 is 63.3 Å². The molecule has 3 aromatic rings. The number of fused-ring (bicyclic) bond motifs is 6. The van der Waals surface area contributed by atoms with E-state index in [9.17, 15) is 37.9 Å². The van der Waals surface area contributed by atoms with Crippen LogP contribution in [0.3, 0.4) is 0 Å². The number of rotatable bonds is 4.